The number of thiazole rings is 1. The number of amides is 2. The Morgan fingerprint density at radius 2 is 1.84 bits per heavy atom. The minimum Gasteiger partial charge on any atom is -0.495 e. The van der Waals surface area contributed by atoms with Crippen LogP contribution >= 0.6 is 22.9 Å². The van der Waals surface area contributed by atoms with Gasteiger partial charge in [0.15, 0.2) is 5.69 Å². The summed E-state index contributed by atoms with van der Waals surface area (Å²) in [4.78, 5) is 57.7. The number of nitrogen functional groups attached to an aromatic ring is 1. The van der Waals surface area contributed by atoms with Crippen LogP contribution in [0.15, 0.2) is 78.0 Å². The first-order valence-corrected chi connectivity index (χ1v) is 19.4. The number of hydrogen-bond acceptors (Lipinski definition) is 11. The van der Waals surface area contributed by atoms with Crippen molar-refractivity contribution in [1.82, 2.24) is 29.3 Å². The maximum Gasteiger partial charge on any atom is 0.295 e. The van der Waals surface area contributed by atoms with Gasteiger partial charge in [0.2, 0.25) is 11.8 Å². The van der Waals surface area contributed by atoms with Crippen LogP contribution < -0.4 is 20.8 Å². The first-order valence-electron chi connectivity index (χ1n) is 18.2. The number of benzene rings is 2. The molecule has 298 valence electrons. The van der Waals surface area contributed by atoms with E-state index in [1.165, 1.54) is 36.6 Å². The standard InChI is InChI=1S/C40H40ClF2N7O6S/c1-23-9-10-26(18-45-23)35-47-24(2)33(57-35)38(53)48-15-13-28(29(19-48)25-7-5-4-6-8-25)36(51)49-16-14-39(54,40(42,43)21-49)20-50-22-46-34(32(44)37(50)52)56-27-11-12-30(41)31(17-27)55-3/h4-12,17-18,22,28-29,54H,13-16,19-21,44H2,1-3H3/t28-,29+,39+/m1/s1. The first kappa shape index (κ1) is 39.8. The Kier molecular flexibility index (Phi) is 11.0. The molecule has 0 radical (unpaired) electrons. The van der Waals surface area contributed by atoms with Crippen LogP contribution in [0.3, 0.4) is 0 Å². The van der Waals surface area contributed by atoms with Crippen LogP contribution in [0.4, 0.5) is 14.5 Å². The molecule has 0 aliphatic carbocycles. The van der Waals surface area contributed by atoms with Gasteiger partial charge in [-0.25, -0.2) is 18.7 Å². The largest absolute Gasteiger partial charge is 0.495 e. The SMILES string of the molecule is COc1cc(Oc2ncn(C[C@@]3(O)CCN(C(=O)[C@@H]4CCN(C(=O)c5sc(-c6ccc(C)nc6)nc5C)C[C@H]4c4ccccc4)CC3(F)F)c(=O)c2N)ccc1Cl. The number of carbonyl (C=O) groups is 2. The summed E-state index contributed by atoms with van der Waals surface area (Å²) in [6.45, 7) is 1.99. The number of anilines is 1. The molecule has 3 aromatic heterocycles. The molecule has 0 spiro atoms. The van der Waals surface area contributed by atoms with Gasteiger partial charge < -0.3 is 30.1 Å². The number of piperidine rings is 2. The number of halogens is 3. The second-order valence-corrected chi connectivity index (χ2v) is 15.7. The Balaban J connectivity index is 1.05. The quantitative estimate of drug-likeness (QED) is 0.181. The number of ether oxygens (including phenoxy) is 2. The van der Waals surface area contributed by atoms with Crippen LogP contribution in [-0.4, -0.2) is 91.1 Å². The van der Waals surface area contributed by atoms with Crippen molar-refractivity contribution < 1.29 is 33.0 Å². The second kappa shape index (κ2) is 15.8. The molecule has 2 saturated heterocycles. The van der Waals surface area contributed by atoms with Crippen LogP contribution in [0, 0.1) is 19.8 Å². The third-order valence-electron chi connectivity index (χ3n) is 10.6. The van der Waals surface area contributed by atoms with E-state index in [0.29, 0.717) is 26.4 Å². The number of methoxy groups -OCH3 is 1. The molecule has 2 aliphatic rings. The van der Waals surface area contributed by atoms with Crippen molar-refractivity contribution >= 4 is 40.4 Å². The average Bonchev–Trinajstić information content (AvgIpc) is 3.60. The fourth-order valence-electron chi connectivity index (χ4n) is 7.29. The van der Waals surface area contributed by atoms with Crippen molar-refractivity contribution in [3.05, 3.63) is 110 Å². The van der Waals surface area contributed by atoms with E-state index in [4.69, 9.17) is 26.8 Å². The summed E-state index contributed by atoms with van der Waals surface area (Å²) in [6, 6.07) is 17.5. The van der Waals surface area contributed by atoms with Crippen LogP contribution in [-0.2, 0) is 11.3 Å². The van der Waals surface area contributed by atoms with Crippen LogP contribution in [0.5, 0.6) is 17.4 Å². The number of likely N-dealkylation sites (tertiary alicyclic amines) is 2. The van der Waals surface area contributed by atoms with Gasteiger partial charge in [-0.15, -0.1) is 11.3 Å². The molecule has 5 aromatic rings. The minimum atomic E-state index is -3.82. The summed E-state index contributed by atoms with van der Waals surface area (Å²) in [5.41, 5.74) is 5.01. The highest BCUT2D eigenvalue weighted by atomic mass is 35.5. The number of aryl methyl sites for hydroxylation is 2. The highest BCUT2D eigenvalue weighted by molar-refractivity contribution is 7.17. The molecule has 0 bridgehead atoms. The molecule has 0 saturated carbocycles. The summed E-state index contributed by atoms with van der Waals surface area (Å²) < 4.78 is 43.7. The van der Waals surface area contributed by atoms with Crippen molar-refractivity contribution in [2.24, 2.45) is 5.92 Å². The molecule has 3 atom stereocenters. The maximum atomic E-state index is 16.1. The number of nitrogens with two attached hydrogens (primary N) is 1. The molecule has 7 rings (SSSR count). The predicted octanol–water partition coefficient (Wildman–Crippen LogP) is 5.96. The summed E-state index contributed by atoms with van der Waals surface area (Å²) in [6.07, 6.45) is 2.40. The van der Waals surface area contributed by atoms with Gasteiger partial charge >= 0.3 is 0 Å². The van der Waals surface area contributed by atoms with E-state index in [1.807, 2.05) is 49.4 Å². The lowest BCUT2D eigenvalue weighted by Crippen LogP contribution is -2.64. The fraction of sp³-hybridized carbons (Fsp3) is 0.350. The maximum absolute atomic E-state index is 16.1. The van der Waals surface area contributed by atoms with Crippen molar-refractivity contribution in [2.75, 3.05) is 39.0 Å². The smallest absolute Gasteiger partial charge is 0.295 e. The molecule has 57 heavy (non-hydrogen) atoms. The molecular weight excluding hydrogens is 780 g/mol. The molecular formula is C40H40ClF2N7O6S. The highest BCUT2D eigenvalue weighted by Gasteiger charge is 2.58. The Morgan fingerprint density at radius 1 is 1.07 bits per heavy atom. The van der Waals surface area contributed by atoms with E-state index >= 15 is 8.78 Å². The Bertz CT molecular complexity index is 2360. The Morgan fingerprint density at radius 3 is 2.54 bits per heavy atom. The minimum absolute atomic E-state index is 0.189. The van der Waals surface area contributed by atoms with Crippen molar-refractivity contribution in [1.29, 1.82) is 0 Å². The van der Waals surface area contributed by atoms with Gasteiger partial charge in [-0.2, -0.15) is 0 Å². The van der Waals surface area contributed by atoms with E-state index in [0.717, 1.165) is 32.6 Å². The van der Waals surface area contributed by atoms with Crippen LogP contribution in [0.25, 0.3) is 10.6 Å². The van der Waals surface area contributed by atoms with Crippen LogP contribution in [0.2, 0.25) is 5.02 Å². The molecule has 5 heterocycles. The van der Waals surface area contributed by atoms with Gasteiger partial charge in [-0.3, -0.25) is 23.9 Å². The van der Waals surface area contributed by atoms with Gasteiger partial charge in [0.1, 0.15) is 33.3 Å². The highest BCUT2D eigenvalue weighted by Crippen LogP contribution is 2.41. The average molecular weight is 820 g/mol. The van der Waals surface area contributed by atoms with Gasteiger partial charge in [-0.1, -0.05) is 41.9 Å². The van der Waals surface area contributed by atoms with E-state index < -0.39 is 60.0 Å². The summed E-state index contributed by atoms with van der Waals surface area (Å²) in [5, 5.41) is 12.4. The monoisotopic (exact) mass is 819 g/mol. The van der Waals surface area contributed by atoms with Crippen molar-refractivity contribution in [2.45, 2.75) is 50.7 Å². The molecule has 2 aromatic carbocycles. The molecule has 2 aliphatic heterocycles. The number of aliphatic hydroxyl groups is 1. The van der Waals surface area contributed by atoms with Gasteiger partial charge in [0.05, 0.1) is 30.9 Å². The zero-order valence-corrected chi connectivity index (χ0v) is 32.9. The number of pyridine rings is 1. The van der Waals surface area contributed by atoms with E-state index in [2.05, 4.69) is 15.0 Å². The van der Waals surface area contributed by atoms with E-state index in [9.17, 15) is 19.5 Å². The normalized spacial score (nSPS) is 20.6. The summed E-state index contributed by atoms with van der Waals surface area (Å²) in [5.74, 6) is -5.49. The number of alkyl halides is 2. The van der Waals surface area contributed by atoms with E-state index in [-0.39, 0.29) is 43.6 Å². The van der Waals surface area contributed by atoms with Crippen LogP contribution in [0.1, 0.15) is 45.4 Å². The number of carbonyl (C=O) groups excluding carboxylic acids is 2. The topological polar surface area (TPSA) is 166 Å². The molecule has 17 heteroatoms. The molecule has 2 fully saturated rings. The van der Waals surface area contributed by atoms with E-state index in [1.54, 1.807) is 18.0 Å². The molecule has 13 nitrogen and oxygen atoms in total. The zero-order valence-electron chi connectivity index (χ0n) is 31.3. The predicted molar refractivity (Wildman–Crippen MR) is 210 cm³/mol. The molecule has 0 unspecified atom stereocenters. The molecule has 2 amide bonds. The number of hydrogen-bond donors (Lipinski definition) is 2. The summed E-state index contributed by atoms with van der Waals surface area (Å²) in [7, 11) is 1.42. The van der Waals surface area contributed by atoms with Gasteiger partial charge in [-0.05, 0) is 50.1 Å². The van der Waals surface area contributed by atoms with Gasteiger partial charge in [0.25, 0.3) is 17.4 Å². The number of nitrogens with zero attached hydrogens (tertiary/aromatic N) is 6. The number of rotatable bonds is 9. The third kappa shape index (κ3) is 7.93. The summed E-state index contributed by atoms with van der Waals surface area (Å²) >= 11 is 7.34. The zero-order chi connectivity index (χ0) is 40.6. The second-order valence-electron chi connectivity index (χ2n) is 14.3. The van der Waals surface area contributed by atoms with Crippen molar-refractivity contribution in [3.63, 3.8) is 0 Å². The van der Waals surface area contributed by atoms with Gasteiger partial charge in [0, 0.05) is 61.4 Å². The lowest BCUT2D eigenvalue weighted by atomic mass is 9.78. The van der Waals surface area contributed by atoms with Crippen molar-refractivity contribution in [3.8, 4) is 28.0 Å². The first-order chi connectivity index (χ1) is 27.2. The number of aromatic nitrogens is 4. The molecule has 3 N–H and O–H groups in total. The Hall–Kier alpha value is -5.45. The lowest BCUT2D eigenvalue weighted by Gasteiger charge is -2.46. The Labute approximate surface area is 335 Å². The third-order valence-corrected chi connectivity index (χ3v) is 12.1. The fourth-order valence-corrected chi connectivity index (χ4v) is 8.51. The lowest BCUT2D eigenvalue weighted by molar-refractivity contribution is -0.223.